The number of hydrogen-bond acceptors (Lipinski definition) is 3. The minimum Gasteiger partial charge on any atom is -0.302 e. The van der Waals surface area contributed by atoms with Gasteiger partial charge in [-0.3, -0.25) is 4.79 Å². The molecule has 1 fully saturated rings. The van der Waals surface area contributed by atoms with Crippen LogP contribution in [0.5, 0.6) is 0 Å². The molecule has 1 aliphatic carbocycles. The maximum atomic E-state index is 10.6. The van der Waals surface area contributed by atoms with E-state index in [-0.39, 0.29) is 10.4 Å². The molecule has 11 heavy (non-hydrogen) atoms. The van der Waals surface area contributed by atoms with Crippen LogP contribution in [0.15, 0.2) is 0 Å². The fourth-order valence-electron chi connectivity index (χ4n) is 1.03. The van der Waals surface area contributed by atoms with Gasteiger partial charge in [-0.25, -0.2) is 0 Å². The predicted octanol–water partition coefficient (Wildman–Crippen LogP) is 1.63. The second-order valence-corrected chi connectivity index (χ2v) is 4.38. The second kappa shape index (κ2) is 3.90. The summed E-state index contributed by atoms with van der Waals surface area (Å²) in [5.74, 6) is 0.719. The van der Waals surface area contributed by atoms with Crippen molar-refractivity contribution in [1.82, 2.24) is 0 Å². The Labute approximate surface area is 70.7 Å². The van der Waals surface area contributed by atoms with Gasteiger partial charge in [-0.2, -0.15) is 0 Å². The summed E-state index contributed by atoms with van der Waals surface area (Å²) in [4.78, 5) is 21.0. The summed E-state index contributed by atoms with van der Waals surface area (Å²) in [7, 11) is 0. The number of hydrogen-bond donors (Lipinski definition) is 0. The molecule has 0 N–H and O–H groups in total. The number of aldehydes is 1. The summed E-state index contributed by atoms with van der Waals surface area (Å²) in [5, 5.41) is -0.0391. The smallest absolute Gasteiger partial charge is 0.186 e. The Morgan fingerprint density at radius 2 is 2.36 bits per heavy atom. The van der Waals surface area contributed by atoms with Gasteiger partial charge >= 0.3 is 0 Å². The van der Waals surface area contributed by atoms with Crippen molar-refractivity contribution in [3.63, 3.8) is 0 Å². The first-order chi connectivity index (χ1) is 5.22. The topological polar surface area (TPSA) is 34.1 Å². The molecule has 0 aliphatic heterocycles. The lowest BCUT2D eigenvalue weighted by Gasteiger charge is -2.04. The van der Waals surface area contributed by atoms with Crippen LogP contribution >= 0.6 is 11.8 Å². The second-order valence-electron chi connectivity index (χ2n) is 2.96. The van der Waals surface area contributed by atoms with Gasteiger partial charge in [-0.05, 0) is 12.3 Å². The van der Waals surface area contributed by atoms with E-state index in [9.17, 15) is 9.59 Å². The molecule has 2 nitrogen and oxygen atoms in total. The van der Waals surface area contributed by atoms with E-state index in [1.807, 2.05) is 0 Å². The predicted molar refractivity (Wildman–Crippen MR) is 45.5 cm³/mol. The highest BCUT2D eigenvalue weighted by Gasteiger charge is 2.26. The molecular formula is C8H12O2S. The summed E-state index contributed by atoms with van der Waals surface area (Å²) in [5.41, 5.74) is 0. The minimum atomic E-state index is -0.0833. The van der Waals surface area contributed by atoms with E-state index in [2.05, 4.69) is 0 Å². The van der Waals surface area contributed by atoms with Gasteiger partial charge in [0.1, 0.15) is 6.29 Å². The lowest BCUT2D eigenvalue weighted by Crippen LogP contribution is -2.07. The van der Waals surface area contributed by atoms with Crippen LogP contribution in [-0.4, -0.2) is 16.7 Å². The molecule has 0 heterocycles. The van der Waals surface area contributed by atoms with Gasteiger partial charge < -0.3 is 4.79 Å². The molecule has 1 unspecified atom stereocenters. The normalized spacial score (nSPS) is 19.4. The molecule has 0 spiro atoms. The third kappa shape index (κ3) is 3.56. The van der Waals surface area contributed by atoms with Gasteiger partial charge in [-0.15, -0.1) is 0 Å². The van der Waals surface area contributed by atoms with Crippen molar-refractivity contribution in [2.75, 3.05) is 0 Å². The monoisotopic (exact) mass is 172 g/mol. The van der Waals surface area contributed by atoms with E-state index in [1.165, 1.54) is 19.8 Å². The Hall–Kier alpha value is -0.310. The molecule has 62 valence electrons. The van der Waals surface area contributed by atoms with Crippen LogP contribution in [0.2, 0.25) is 0 Å². The quantitative estimate of drug-likeness (QED) is 0.604. The first kappa shape index (κ1) is 8.78. The Morgan fingerprint density at radius 1 is 1.73 bits per heavy atom. The van der Waals surface area contributed by atoms with Crippen LogP contribution < -0.4 is 0 Å². The van der Waals surface area contributed by atoms with Crippen molar-refractivity contribution in [1.29, 1.82) is 0 Å². The standard InChI is InChI=1S/C8H12O2S/c1-6(10)11-8(5-9)4-7-2-3-7/h5,7-8H,2-4H2,1H3. The third-order valence-corrected chi connectivity index (χ3v) is 2.67. The maximum Gasteiger partial charge on any atom is 0.186 e. The molecule has 1 atom stereocenters. The van der Waals surface area contributed by atoms with Crippen LogP contribution in [0, 0.1) is 5.92 Å². The van der Waals surface area contributed by atoms with E-state index in [0.29, 0.717) is 0 Å². The molecular weight excluding hydrogens is 160 g/mol. The van der Waals surface area contributed by atoms with E-state index in [4.69, 9.17) is 0 Å². The van der Waals surface area contributed by atoms with Gasteiger partial charge in [0, 0.05) is 6.92 Å². The largest absolute Gasteiger partial charge is 0.302 e. The highest BCUT2D eigenvalue weighted by molar-refractivity contribution is 8.14. The van der Waals surface area contributed by atoms with Crippen LogP contribution in [0.25, 0.3) is 0 Å². The molecule has 0 radical (unpaired) electrons. The number of rotatable bonds is 4. The maximum absolute atomic E-state index is 10.6. The third-order valence-electron chi connectivity index (χ3n) is 1.73. The van der Waals surface area contributed by atoms with Gasteiger partial charge in [-0.1, -0.05) is 24.6 Å². The van der Waals surface area contributed by atoms with Crippen molar-refractivity contribution < 1.29 is 9.59 Å². The summed E-state index contributed by atoms with van der Waals surface area (Å²) in [6.45, 7) is 1.51. The van der Waals surface area contributed by atoms with Crippen LogP contribution in [-0.2, 0) is 9.59 Å². The van der Waals surface area contributed by atoms with E-state index < -0.39 is 0 Å². The number of carbonyl (C=O) groups excluding carboxylic acids is 2. The van der Waals surface area contributed by atoms with E-state index in [0.717, 1.165) is 30.4 Å². The Balaban J connectivity index is 2.22. The van der Waals surface area contributed by atoms with Crippen molar-refractivity contribution in [2.24, 2.45) is 5.92 Å². The molecule has 1 rings (SSSR count). The van der Waals surface area contributed by atoms with Gasteiger partial charge in [0.2, 0.25) is 0 Å². The van der Waals surface area contributed by atoms with Crippen molar-refractivity contribution in [2.45, 2.75) is 31.4 Å². The minimum absolute atomic E-state index is 0.0442. The van der Waals surface area contributed by atoms with Crippen molar-refractivity contribution >= 4 is 23.2 Å². The molecule has 3 heteroatoms. The fourth-order valence-corrected chi connectivity index (χ4v) is 1.88. The van der Waals surface area contributed by atoms with Crippen LogP contribution in [0.3, 0.4) is 0 Å². The number of carbonyl (C=O) groups is 2. The van der Waals surface area contributed by atoms with Crippen LogP contribution in [0.1, 0.15) is 26.2 Å². The molecule has 1 saturated carbocycles. The molecule has 0 amide bonds. The van der Waals surface area contributed by atoms with Gasteiger partial charge in [0.25, 0.3) is 0 Å². The average molecular weight is 172 g/mol. The molecule has 0 bridgehead atoms. The van der Waals surface area contributed by atoms with E-state index >= 15 is 0 Å². The molecule has 0 aromatic heterocycles. The Kier molecular flexibility index (Phi) is 3.12. The molecule has 0 aromatic rings. The molecule has 0 aromatic carbocycles. The first-order valence-electron chi connectivity index (χ1n) is 3.85. The Morgan fingerprint density at radius 3 is 2.73 bits per heavy atom. The van der Waals surface area contributed by atoms with Gasteiger partial charge in [0.15, 0.2) is 5.12 Å². The summed E-state index contributed by atoms with van der Waals surface area (Å²) in [6.07, 6.45) is 4.27. The highest BCUT2D eigenvalue weighted by Crippen LogP contribution is 2.35. The zero-order valence-corrected chi connectivity index (χ0v) is 7.39. The Bertz CT molecular complexity index is 163. The fraction of sp³-hybridized carbons (Fsp3) is 0.750. The summed E-state index contributed by atoms with van der Waals surface area (Å²) < 4.78 is 0. The lowest BCUT2D eigenvalue weighted by atomic mass is 10.2. The summed E-state index contributed by atoms with van der Waals surface area (Å²) >= 11 is 1.16. The zero-order valence-electron chi connectivity index (χ0n) is 6.58. The van der Waals surface area contributed by atoms with Gasteiger partial charge in [0.05, 0.1) is 5.25 Å². The molecule has 0 saturated heterocycles. The average Bonchev–Trinajstić information content (AvgIpc) is 2.69. The lowest BCUT2D eigenvalue weighted by molar-refractivity contribution is -0.110. The summed E-state index contributed by atoms with van der Waals surface area (Å²) in [6, 6.07) is 0. The first-order valence-corrected chi connectivity index (χ1v) is 4.73. The van der Waals surface area contributed by atoms with Crippen LogP contribution in [0.4, 0.5) is 0 Å². The van der Waals surface area contributed by atoms with Crippen molar-refractivity contribution in [3.05, 3.63) is 0 Å². The highest BCUT2D eigenvalue weighted by atomic mass is 32.2. The SMILES string of the molecule is CC(=O)SC(C=O)CC1CC1. The number of thioether (sulfide) groups is 1. The molecule has 1 aliphatic rings. The zero-order chi connectivity index (χ0) is 8.27. The van der Waals surface area contributed by atoms with Crippen molar-refractivity contribution in [3.8, 4) is 0 Å². The van der Waals surface area contributed by atoms with E-state index in [1.54, 1.807) is 0 Å².